The summed E-state index contributed by atoms with van der Waals surface area (Å²) in [5.41, 5.74) is -0.552. The molecule has 0 radical (unpaired) electrons. The minimum atomic E-state index is -2.65. The maximum atomic E-state index is 11.9. The summed E-state index contributed by atoms with van der Waals surface area (Å²) >= 11 is 0. The molecule has 0 aliphatic carbocycles. The second-order valence-electron chi connectivity index (χ2n) is 7.97. The van der Waals surface area contributed by atoms with Crippen LogP contribution in [0, 0.1) is 5.41 Å². The zero-order chi connectivity index (χ0) is 25.4. The Labute approximate surface area is 199 Å². The fourth-order valence-corrected chi connectivity index (χ4v) is 6.21. The molecule has 0 aliphatic rings. The summed E-state index contributed by atoms with van der Waals surface area (Å²) in [5, 5.41) is 5.35. The Morgan fingerprint density at radius 2 is 0.939 bits per heavy atom. The molecular formula is C19H42N2O10Si2-2. The second kappa shape index (κ2) is 16.4. The lowest BCUT2D eigenvalue weighted by Crippen LogP contribution is -2.43. The molecule has 14 heteroatoms. The second-order valence-corrected chi connectivity index (χ2v) is 14.1. The number of ether oxygens (including phenoxy) is 2. The summed E-state index contributed by atoms with van der Waals surface area (Å²) in [7, 11) is 3.96. The van der Waals surface area contributed by atoms with Crippen LogP contribution in [-0.4, -0.2) is 98.8 Å². The zero-order valence-corrected chi connectivity index (χ0v) is 23.2. The molecule has 0 aromatic rings. The van der Waals surface area contributed by atoms with Gasteiger partial charge in [-0.2, -0.15) is 0 Å². The lowest BCUT2D eigenvalue weighted by molar-refractivity contribution is 0.0465. The molecule has 0 rings (SSSR count). The van der Waals surface area contributed by atoms with Gasteiger partial charge in [-0.3, -0.25) is 0 Å². The van der Waals surface area contributed by atoms with Crippen LogP contribution < -0.4 is 10.6 Å². The van der Waals surface area contributed by atoms with E-state index in [0.29, 0.717) is 38.0 Å². The van der Waals surface area contributed by atoms with Crippen molar-refractivity contribution in [3.8, 4) is 0 Å². The number of amides is 2. The van der Waals surface area contributed by atoms with Crippen LogP contribution in [0.1, 0.15) is 26.7 Å². The van der Waals surface area contributed by atoms with Gasteiger partial charge in [0.2, 0.25) is 0 Å². The topological polar surface area (TPSA) is 132 Å². The van der Waals surface area contributed by atoms with Gasteiger partial charge in [0.15, 0.2) is 0 Å². The molecule has 2 N–H and O–H groups in total. The molecule has 12 nitrogen and oxygen atoms in total. The van der Waals surface area contributed by atoms with Crippen LogP contribution in [0.25, 0.3) is 0 Å². The average molecular weight is 515 g/mol. The molecule has 33 heavy (non-hydrogen) atoms. The van der Waals surface area contributed by atoms with Crippen molar-refractivity contribution in [3.05, 3.63) is 0 Å². The summed E-state index contributed by atoms with van der Waals surface area (Å²) in [4.78, 5) is 23.9. The van der Waals surface area contributed by atoms with Crippen LogP contribution in [0.3, 0.4) is 0 Å². The maximum Gasteiger partial charge on any atom is 0.407 e. The number of hydrogen-bond donors (Lipinski definition) is 2. The Balaban J connectivity index is 4.10. The van der Waals surface area contributed by atoms with Gasteiger partial charge in [-0.15, -0.1) is 0 Å². The Morgan fingerprint density at radius 1 is 0.636 bits per heavy atom. The number of nitrogens with one attached hydrogen (secondary N) is 2. The van der Waals surface area contributed by atoms with Gasteiger partial charge in [0.05, 0.1) is 0 Å². The molecule has 0 atom stereocenters. The van der Waals surface area contributed by atoms with Crippen LogP contribution in [0.4, 0.5) is 9.59 Å². The predicted molar refractivity (Wildman–Crippen MR) is 125 cm³/mol. The molecule has 2 amide bonds. The van der Waals surface area contributed by atoms with Gasteiger partial charge in [-0.05, 0) is 42.7 Å². The molecular weight excluding hydrogens is 472 g/mol. The monoisotopic (exact) mass is 514 g/mol. The van der Waals surface area contributed by atoms with E-state index >= 15 is 0 Å². The normalized spacial score (nSPS) is 12.4. The SMILES string of the molecule is CO[Si-](CCCNC(=O)OCC(C)(C)COC(=O)NCCC[Si-](OC)(OC)OC)(OC)OC. The van der Waals surface area contributed by atoms with E-state index in [1.807, 2.05) is 13.8 Å². The molecule has 0 fully saturated rings. The highest BCUT2D eigenvalue weighted by molar-refractivity contribution is 6.60. The summed E-state index contributed by atoms with van der Waals surface area (Å²) in [6, 6.07) is 1.13. The van der Waals surface area contributed by atoms with Gasteiger partial charge in [-0.1, -0.05) is 38.8 Å². The predicted octanol–water partition coefficient (Wildman–Crippen LogP) is 2.00. The van der Waals surface area contributed by atoms with Gasteiger partial charge in [0, 0.05) is 18.5 Å². The van der Waals surface area contributed by atoms with Gasteiger partial charge in [-0.25, -0.2) is 9.59 Å². The van der Waals surface area contributed by atoms with E-state index in [9.17, 15) is 9.59 Å². The number of carbonyl (C=O) groups excluding carboxylic acids is 2. The first-order valence-electron chi connectivity index (χ1n) is 10.7. The van der Waals surface area contributed by atoms with Gasteiger partial charge >= 0.3 is 12.2 Å². The molecule has 0 aromatic carbocycles. The van der Waals surface area contributed by atoms with E-state index in [1.54, 1.807) is 42.7 Å². The lowest BCUT2D eigenvalue weighted by Gasteiger charge is -2.38. The Morgan fingerprint density at radius 3 is 1.21 bits per heavy atom. The summed E-state index contributed by atoms with van der Waals surface area (Å²) in [6.07, 6.45) is 0.140. The molecule has 0 saturated heterocycles. The summed E-state index contributed by atoms with van der Waals surface area (Å²) in [5.74, 6) is 0. The first-order chi connectivity index (χ1) is 15.6. The van der Waals surface area contributed by atoms with Crippen molar-refractivity contribution < 1.29 is 45.6 Å². The van der Waals surface area contributed by atoms with Crippen LogP contribution in [-0.2, 0) is 36.0 Å². The van der Waals surface area contributed by atoms with Crippen LogP contribution >= 0.6 is 0 Å². The smallest absolute Gasteiger partial charge is 0.407 e. The van der Waals surface area contributed by atoms with Gasteiger partial charge in [0.1, 0.15) is 13.2 Å². The highest BCUT2D eigenvalue weighted by Crippen LogP contribution is 2.17. The largest absolute Gasteiger partial charge is 0.527 e. The number of hydrogen-bond acceptors (Lipinski definition) is 10. The molecule has 0 heterocycles. The van der Waals surface area contributed by atoms with E-state index in [1.165, 1.54) is 0 Å². The van der Waals surface area contributed by atoms with Gasteiger partial charge in [0.25, 0.3) is 17.6 Å². The minimum Gasteiger partial charge on any atom is -0.527 e. The van der Waals surface area contributed by atoms with Crippen LogP contribution in [0.5, 0.6) is 0 Å². The molecule has 0 bridgehead atoms. The highest BCUT2D eigenvalue weighted by Gasteiger charge is 2.24. The molecule has 0 aromatic heterocycles. The van der Waals surface area contributed by atoms with E-state index in [-0.39, 0.29) is 13.2 Å². The Hall–Kier alpha value is -1.27. The van der Waals surface area contributed by atoms with Crippen molar-refractivity contribution in [1.29, 1.82) is 0 Å². The van der Waals surface area contributed by atoms with E-state index < -0.39 is 35.2 Å². The highest BCUT2D eigenvalue weighted by atomic mass is 28.4. The van der Waals surface area contributed by atoms with E-state index in [0.717, 1.165) is 0 Å². The fourth-order valence-electron chi connectivity index (χ4n) is 2.77. The molecule has 0 spiro atoms. The van der Waals surface area contributed by atoms with Crippen molar-refractivity contribution >= 4 is 29.8 Å². The minimum absolute atomic E-state index is 0.0860. The fraction of sp³-hybridized carbons (Fsp3) is 0.895. The number of rotatable bonds is 18. The van der Waals surface area contributed by atoms with Crippen molar-refractivity contribution in [2.45, 2.75) is 38.8 Å². The third kappa shape index (κ3) is 12.7. The first kappa shape index (κ1) is 31.7. The average Bonchev–Trinajstić information content (AvgIpc) is 2.83. The molecule has 0 aliphatic heterocycles. The quantitative estimate of drug-likeness (QED) is 0.207. The van der Waals surface area contributed by atoms with Crippen LogP contribution in [0.15, 0.2) is 0 Å². The van der Waals surface area contributed by atoms with E-state index in [4.69, 9.17) is 36.0 Å². The van der Waals surface area contributed by atoms with Crippen molar-refractivity contribution in [2.24, 2.45) is 5.41 Å². The molecule has 0 saturated carbocycles. The van der Waals surface area contributed by atoms with E-state index in [2.05, 4.69) is 10.6 Å². The Kier molecular flexibility index (Phi) is 15.7. The maximum absolute atomic E-state index is 11.9. The molecule has 198 valence electrons. The summed E-state index contributed by atoms with van der Waals surface area (Å²) < 4.78 is 42.5. The third-order valence-corrected chi connectivity index (χ3v) is 10.6. The summed E-state index contributed by atoms with van der Waals surface area (Å²) in [6.45, 7) is 4.62. The van der Waals surface area contributed by atoms with Gasteiger partial charge < -0.3 is 46.7 Å². The standard InChI is InChI=1S/C19H42N2O10Si2/c1-19(2,15-30-17(22)20-11-9-13-32(24-3,25-4)26-5)16-31-18(23)21-12-10-14-33(27-6,28-7)29-8/h9-16H2,1-8H3,(H,20,22)(H,21,23)/q-2. The third-order valence-electron chi connectivity index (χ3n) is 4.91. The van der Waals surface area contributed by atoms with Crippen molar-refractivity contribution in [1.82, 2.24) is 10.6 Å². The molecule has 0 unspecified atom stereocenters. The zero-order valence-electron chi connectivity index (χ0n) is 21.2. The number of carbonyl (C=O) groups is 2. The van der Waals surface area contributed by atoms with Crippen molar-refractivity contribution in [3.63, 3.8) is 0 Å². The number of alkyl carbamates (subject to hydrolysis) is 2. The first-order valence-corrected chi connectivity index (χ1v) is 14.6. The Bertz CT molecular complexity index is 498. The van der Waals surface area contributed by atoms with Crippen molar-refractivity contribution in [2.75, 3.05) is 69.0 Å². The lowest BCUT2D eigenvalue weighted by atomic mass is 9.96. The van der Waals surface area contributed by atoms with Crippen LogP contribution in [0.2, 0.25) is 12.1 Å².